The van der Waals surface area contributed by atoms with E-state index in [1.807, 2.05) is 84.0 Å². The molecule has 1 aliphatic heterocycles. The van der Waals surface area contributed by atoms with E-state index in [0.29, 0.717) is 24.5 Å². The molecule has 4 rings (SSSR count). The Labute approximate surface area is 232 Å². The second-order valence-electron chi connectivity index (χ2n) is 11.6. The summed E-state index contributed by atoms with van der Waals surface area (Å²) in [4.78, 5) is 16.3. The lowest BCUT2D eigenvalue weighted by Crippen LogP contribution is -2.41. The van der Waals surface area contributed by atoms with Gasteiger partial charge < -0.3 is 23.2 Å². The van der Waals surface area contributed by atoms with Crippen LogP contribution in [0.15, 0.2) is 46.9 Å². The second kappa shape index (κ2) is 11.2. The van der Waals surface area contributed by atoms with Gasteiger partial charge in [-0.05, 0) is 94.7 Å². The van der Waals surface area contributed by atoms with Gasteiger partial charge in [-0.15, -0.1) is 0 Å². The van der Waals surface area contributed by atoms with Crippen LogP contribution in [0.5, 0.6) is 5.75 Å². The number of aryl methyl sites for hydroxylation is 2. The number of aromatic nitrogens is 1. The summed E-state index contributed by atoms with van der Waals surface area (Å²) < 4.78 is 29.7. The molecule has 8 heteroatoms. The first-order chi connectivity index (χ1) is 18.3. The maximum Gasteiger partial charge on any atom is 0.494 e. The van der Waals surface area contributed by atoms with E-state index in [2.05, 4.69) is 13.8 Å². The van der Waals surface area contributed by atoms with Gasteiger partial charge in [0.05, 0.1) is 24.0 Å². The third kappa shape index (κ3) is 6.23. The number of hydrogen-bond acceptors (Lipinski definition) is 7. The van der Waals surface area contributed by atoms with Crippen LogP contribution in [0.1, 0.15) is 89.5 Å². The van der Waals surface area contributed by atoms with Crippen LogP contribution in [0.3, 0.4) is 0 Å². The molecule has 0 amide bonds. The summed E-state index contributed by atoms with van der Waals surface area (Å²) in [6.45, 7) is 16.4. The van der Waals surface area contributed by atoms with E-state index >= 15 is 0 Å². The van der Waals surface area contributed by atoms with Crippen molar-refractivity contribution in [1.29, 1.82) is 0 Å². The molecule has 0 bridgehead atoms. The van der Waals surface area contributed by atoms with Crippen LogP contribution in [0.25, 0.3) is 11.5 Å². The third-order valence-corrected chi connectivity index (χ3v) is 7.73. The molecule has 2 aromatic carbocycles. The van der Waals surface area contributed by atoms with E-state index in [0.717, 1.165) is 33.6 Å². The standard InChI is InChI=1S/C31H40BNO6/c1-19(2)27-28(21(4)36-25-16-12-22(20(3)18-25)13-17-26(34)35-9)37-29(33-27)23-10-14-24(15-11-23)32-38-30(5,6)31(7,8)39-32/h10-12,14-16,18-19,21H,13,17H2,1-9H3. The molecule has 1 aliphatic rings. The quantitative estimate of drug-likeness (QED) is 0.235. The Balaban J connectivity index is 1.50. The first kappa shape index (κ1) is 28.9. The number of methoxy groups -OCH3 is 1. The first-order valence-electron chi connectivity index (χ1n) is 13.6. The Hall–Kier alpha value is -3.10. The van der Waals surface area contributed by atoms with Gasteiger partial charge in [0.2, 0.25) is 5.89 Å². The Morgan fingerprint density at radius 3 is 2.21 bits per heavy atom. The van der Waals surface area contributed by atoms with Gasteiger partial charge >= 0.3 is 13.1 Å². The molecule has 0 N–H and O–H groups in total. The van der Waals surface area contributed by atoms with Gasteiger partial charge in [0.1, 0.15) is 5.75 Å². The molecule has 3 aromatic rings. The number of benzene rings is 2. The van der Waals surface area contributed by atoms with E-state index < -0.39 is 18.3 Å². The Morgan fingerprint density at radius 2 is 1.64 bits per heavy atom. The summed E-state index contributed by atoms with van der Waals surface area (Å²) in [6, 6.07) is 13.9. The number of ether oxygens (including phenoxy) is 2. The van der Waals surface area contributed by atoms with Crippen molar-refractivity contribution in [1.82, 2.24) is 4.98 Å². The van der Waals surface area contributed by atoms with Gasteiger partial charge in [0, 0.05) is 12.0 Å². The lowest BCUT2D eigenvalue weighted by molar-refractivity contribution is -0.140. The van der Waals surface area contributed by atoms with Crippen molar-refractivity contribution >= 4 is 18.6 Å². The molecule has 1 atom stereocenters. The molecular formula is C31H40BNO6. The highest BCUT2D eigenvalue weighted by Gasteiger charge is 2.51. The van der Waals surface area contributed by atoms with E-state index in [-0.39, 0.29) is 18.0 Å². The smallest absolute Gasteiger partial charge is 0.483 e. The molecule has 0 radical (unpaired) electrons. The molecule has 2 heterocycles. The van der Waals surface area contributed by atoms with Gasteiger partial charge in [0.25, 0.3) is 0 Å². The Bertz CT molecular complexity index is 1300. The van der Waals surface area contributed by atoms with Gasteiger partial charge in [-0.25, -0.2) is 4.98 Å². The fourth-order valence-corrected chi connectivity index (χ4v) is 4.55. The van der Waals surface area contributed by atoms with Crippen molar-refractivity contribution in [2.24, 2.45) is 0 Å². The number of esters is 1. The molecule has 7 nitrogen and oxygen atoms in total. The average Bonchev–Trinajstić information content (AvgIpc) is 3.42. The fraction of sp³-hybridized carbons (Fsp3) is 0.484. The minimum absolute atomic E-state index is 0.162. The molecule has 208 valence electrons. The second-order valence-corrected chi connectivity index (χ2v) is 11.6. The van der Waals surface area contributed by atoms with Crippen molar-refractivity contribution in [2.75, 3.05) is 7.11 Å². The van der Waals surface area contributed by atoms with E-state index in [1.165, 1.54) is 7.11 Å². The van der Waals surface area contributed by atoms with E-state index in [9.17, 15) is 4.79 Å². The van der Waals surface area contributed by atoms with Crippen molar-refractivity contribution in [2.45, 2.75) is 91.5 Å². The van der Waals surface area contributed by atoms with Crippen molar-refractivity contribution < 1.29 is 28.0 Å². The third-order valence-electron chi connectivity index (χ3n) is 7.73. The van der Waals surface area contributed by atoms with Crippen molar-refractivity contribution in [3.8, 4) is 17.2 Å². The number of rotatable bonds is 9. The molecule has 0 aliphatic carbocycles. The number of hydrogen-bond donors (Lipinski definition) is 0. The van der Waals surface area contributed by atoms with Gasteiger partial charge in [-0.2, -0.15) is 0 Å². The van der Waals surface area contributed by atoms with E-state index in [4.69, 9.17) is 28.2 Å². The molecule has 1 fully saturated rings. The summed E-state index contributed by atoms with van der Waals surface area (Å²) in [5.41, 5.74) is 4.08. The average molecular weight is 533 g/mol. The number of nitrogens with zero attached hydrogens (tertiary/aromatic N) is 1. The normalized spacial score (nSPS) is 16.9. The topological polar surface area (TPSA) is 80.0 Å². The summed E-state index contributed by atoms with van der Waals surface area (Å²) in [7, 11) is 0.990. The zero-order chi connectivity index (χ0) is 28.5. The van der Waals surface area contributed by atoms with Crippen LogP contribution in [0.4, 0.5) is 0 Å². The van der Waals surface area contributed by atoms with Gasteiger partial charge in [-0.3, -0.25) is 4.79 Å². The SMILES string of the molecule is COC(=O)CCc1ccc(OC(C)c2oc(-c3ccc(B4OC(C)(C)C(C)(C)O4)cc3)nc2C(C)C)cc1C. The van der Waals surface area contributed by atoms with Gasteiger partial charge in [-0.1, -0.05) is 32.0 Å². The Morgan fingerprint density at radius 1 is 1.00 bits per heavy atom. The molecule has 1 aromatic heterocycles. The van der Waals surface area contributed by atoms with Crippen LogP contribution < -0.4 is 10.2 Å². The van der Waals surface area contributed by atoms with Crippen LogP contribution >= 0.6 is 0 Å². The predicted molar refractivity (Wildman–Crippen MR) is 152 cm³/mol. The monoisotopic (exact) mass is 533 g/mol. The number of oxazole rings is 1. The molecule has 1 unspecified atom stereocenters. The summed E-state index contributed by atoms with van der Waals surface area (Å²) in [5.74, 6) is 1.95. The maximum atomic E-state index is 11.5. The fourth-order valence-electron chi connectivity index (χ4n) is 4.55. The summed E-state index contributed by atoms with van der Waals surface area (Å²) in [5, 5.41) is 0. The van der Waals surface area contributed by atoms with Crippen molar-refractivity contribution in [3.63, 3.8) is 0 Å². The van der Waals surface area contributed by atoms with Crippen LogP contribution in [-0.4, -0.2) is 36.4 Å². The largest absolute Gasteiger partial charge is 0.494 e. The maximum absolute atomic E-state index is 11.5. The highest BCUT2D eigenvalue weighted by atomic mass is 16.7. The van der Waals surface area contributed by atoms with Gasteiger partial charge in [0.15, 0.2) is 11.9 Å². The predicted octanol–water partition coefficient (Wildman–Crippen LogP) is 6.32. The lowest BCUT2D eigenvalue weighted by atomic mass is 9.79. The molecule has 1 saturated heterocycles. The number of carbonyl (C=O) groups is 1. The minimum atomic E-state index is -0.417. The highest BCUT2D eigenvalue weighted by Crippen LogP contribution is 2.37. The minimum Gasteiger partial charge on any atom is -0.483 e. The summed E-state index contributed by atoms with van der Waals surface area (Å²) >= 11 is 0. The molecule has 39 heavy (non-hydrogen) atoms. The molecular weight excluding hydrogens is 493 g/mol. The molecule has 0 spiro atoms. The Kier molecular flexibility index (Phi) is 8.29. The lowest BCUT2D eigenvalue weighted by Gasteiger charge is -2.32. The van der Waals surface area contributed by atoms with Crippen molar-refractivity contribution in [3.05, 3.63) is 65.0 Å². The number of carbonyl (C=O) groups excluding carboxylic acids is 1. The highest BCUT2D eigenvalue weighted by molar-refractivity contribution is 6.62. The van der Waals surface area contributed by atoms with Crippen LogP contribution in [0, 0.1) is 6.92 Å². The summed E-state index contributed by atoms with van der Waals surface area (Å²) in [6.07, 6.45) is 0.641. The first-order valence-corrected chi connectivity index (χ1v) is 13.6. The molecule has 0 saturated carbocycles. The zero-order valence-corrected chi connectivity index (χ0v) is 24.6. The zero-order valence-electron chi connectivity index (χ0n) is 24.6. The van der Waals surface area contributed by atoms with Crippen LogP contribution in [-0.2, 0) is 25.3 Å². The van der Waals surface area contributed by atoms with E-state index in [1.54, 1.807) is 0 Å². The van der Waals surface area contributed by atoms with Crippen LogP contribution in [0.2, 0.25) is 0 Å².